The summed E-state index contributed by atoms with van der Waals surface area (Å²) in [7, 11) is 0. The molecule has 4 nitrogen and oxygen atoms in total. The maximum absolute atomic E-state index is 6.08. The first-order valence-corrected chi connectivity index (χ1v) is 7.64. The van der Waals surface area contributed by atoms with Gasteiger partial charge in [-0.15, -0.1) is 0 Å². The van der Waals surface area contributed by atoms with Gasteiger partial charge in [-0.2, -0.15) is 16.7 Å². The highest BCUT2D eigenvalue weighted by atomic mass is 35.5. The molecule has 1 unspecified atom stereocenters. The highest BCUT2D eigenvalue weighted by molar-refractivity contribution is 7.98. The molecule has 1 heterocycles. The SMILES string of the molecule is CCC(N)CSCc1noc(-c2ccccc2Cl)n1. The second-order valence-corrected chi connectivity index (χ2v) is 5.62. The van der Waals surface area contributed by atoms with E-state index in [0.717, 1.165) is 17.7 Å². The van der Waals surface area contributed by atoms with Gasteiger partial charge < -0.3 is 10.3 Å². The molecule has 0 fully saturated rings. The van der Waals surface area contributed by atoms with Crippen molar-refractivity contribution in [2.24, 2.45) is 5.73 Å². The minimum Gasteiger partial charge on any atom is -0.334 e. The third kappa shape index (κ3) is 3.96. The molecule has 1 aromatic carbocycles. The molecule has 0 amide bonds. The number of rotatable bonds is 6. The van der Waals surface area contributed by atoms with Gasteiger partial charge >= 0.3 is 0 Å². The van der Waals surface area contributed by atoms with Gasteiger partial charge in [0.05, 0.1) is 16.3 Å². The maximum atomic E-state index is 6.08. The normalized spacial score (nSPS) is 12.6. The van der Waals surface area contributed by atoms with Crippen molar-refractivity contribution < 1.29 is 4.52 Å². The van der Waals surface area contributed by atoms with E-state index < -0.39 is 0 Å². The van der Waals surface area contributed by atoms with Crippen molar-refractivity contribution in [3.63, 3.8) is 0 Å². The molecule has 1 aromatic heterocycles. The molecule has 1 atom stereocenters. The van der Waals surface area contributed by atoms with E-state index >= 15 is 0 Å². The van der Waals surface area contributed by atoms with Gasteiger partial charge in [0, 0.05) is 11.8 Å². The van der Waals surface area contributed by atoms with Crippen molar-refractivity contribution in [2.75, 3.05) is 5.75 Å². The molecule has 2 rings (SSSR count). The standard InChI is InChI=1S/C13H16ClN3OS/c1-2-9(15)7-19-8-12-16-13(18-17-12)10-5-3-4-6-11(10)14/h3-6,9H,2,7-8,15H2,1H3. The summed E-state index contributed by atoms with van der Waals surface area (Å²) < 4.78 is 5.23. The molecule has 0 saturated carbocycles. The van der Waals surface area contributed by atoms with Gasteiger partial charge in [0.1, 0.15) is 0 Å². The first-order chi connectivity index (χ1) is 9.20. The van der Waals surface area contributed by atoms with Crippen LogP contribution in [-0.4, -0.2) is 21.9 Å². The lowest BCUT2D eigenvalue weighted by atomic mass is 10.2. The fourth-order valence-corrected chi connectivity index (χ4v) is 2.65. The average Bonchev–Trinajstić information content (AvgIpc) is 2.87. The minimum absolute atomic E-state index is 0.222. The van der Waals surface area contributed by atoms with Gasteiger partial charge in [-0.25, -0.2) is 0 Å². The van der Waals surface area contributed by atoms with Crippen LogP contribution in [0.25, 0.3) is 11.5 Å². The summed E-state index contributed by atoms with van der Waals surface area (Å²) in [6.45, 7) is 2.08. The van der Waals surface area contributed by atoms with Crippen molar-refractivity contribution in [1.82, 2.24) is 10.1 Å². The fraction of sp³-hybridized carbons (Fsp3) is 0.385. The summed E-state index contributed by atoms with van der Waals surface area (Å²) in [5.41, 5.74) is 6.61. The molecule has 0 aliphatic heterocycles. The summed E-state index contributed by atoms with van der Waals surface area (Å²) in [5.74, 6) is 2.72. The Labute approximate surface area is 121 Å². The molecular formula is C13H16ClN3OS. The molecular weight excluding hydrogens is 282 g/mol. The van der Waals surface area contributed by atoms with Crippen molar-refractivity contribution in [1.29, 1.82) is 0 Å². The number of aromatic nitrogens is 2. The highest BCUT2D eigenvalue weighted by Crippen LogP contribution is 2.26. The number of thioether (sulfide) groups is 1. The fourth-order valence-electron chi connectivity index (χ4n) is 1.48. The van der Waals surface area contributed by atoms with Gasteiger partial charge in [0.2, 0.25) is 0 Å². The molecule has 0 spiro atoms. The minimum atomic E-state index is 0.222. The predicted octanol–water partition coefficient (Wildman–Crippen LogP) is 3.36. The van der Waals surface area contributed by atoms with E-state index in [-0.39, 0.29) is 6.04 Å². The lowest BCUT2D eigenvalue weighted by Crippen LogP contribution is -2.21. The average molecular weight is 298 g/mol. The van der Waals surface area contributed by atoms with Crippen LogP contribution in [0.3, 0.4) is 0 Å². The topological polar surface area (TPSA) is 64.9 Å². The third-order valence-corrected chi connectivity index (χ3v) is 4.12. The lowest BCUT2D eigenvalue weighted by molar-refractivity contribution is 0.425. The second kappa shape index (κ2) is 6.93. The van der Waals surface area contributed by atoms with Gasteiger partial charge in [-0.05, 0) is 18.6 Å². The molecule has 0 aliphatic rings. The van der Waals surface area contributed by atoms with Crippen LogP contribution < -0.4 is 5.73 Å². The highest BCUT2D eigenvalue weighted by Gasteiger charge is 2.11. The summed E-state index contributed by atoms with van der Waals surface area (Å²) in [5, 5.41) is 4.56. The Hall–Kier alpha value is -1.04. The number of benzene rings is 1. The van der Waals surface area contributed by atoms with E-state index in [0.29, 0.717) is 22.5 Å². The summed E-state index contributed by atoms with van der Waals surface area (Å²) in [6.07, 6.45) is 0.976. The Morgan fingerprint density at radius 3 is 2.95 bits per heavy atom. The number of nitrogens with two attached hydrogens (primary N) is 1. The molecule has 0 saturated heterocycles. The van der Waals surface area contributed by atoms with Crippen LogP contribution in [0.15, 0.2) is 28.8 Å². The number of hydrogen-bond donors (Lipinski definition) is 1. The monoisotopic (exact) mass is 297 g/mol. The lowest BCUT2D eigenvalue weighted by Gasteiger charge is -2.05. The van der Waals surface area contributed by atoms with Crippen LogP contribution in [-0.2, 0) is 5.75 Å². The van der Waals surface area contributed by atoms with Gasteiger partial charge in [-0.3, -0.25) is 0 Å². The van der Waals surface area contributed by atoms with E-state index in [1.165, 1.54) is 0 Å². The first-order valence-electron chi connectivity index (χ1n) is 6.11. The molecule has 0 aliphatic carbocycles. The Kier molecular flexibility index (Phi) is 5.24. The third-order valence-electron chi connectivity index (χ3n) is 2.66. The van der Waals surface area contributed by atoms with Gasteiger partial charge in [0.25, 0.3) is 5.89 Å². The van der Waals surface area contributed by atoms with Crippen molar-refractivity contribution in [2.45, 2.75) is 25.1 Å². The Morgan fingerprint density at radius 1 is 1.42 bits per heavy atom. The van der Waals surface area contributed by atoms with Crippen LogP contribution >= 0.6 is 23.4 Å². The summed E-state index contributed by atoms with van der Waals surface area (Å²) in [6, 6.07) is 7.64. The number of nitrogens with zero attached hydrogens (tertiary/aromatic N) is 2. The largest absolute Gasteiger partial charge is 0.334 e. The quantitative estimate of drug-likeness (QED) is 0.885. The van der Waals surface area contributed by atoms with E-state index in [1.54, 1.807) is 17.8 Å². The van der Waals surface area contributed by atoms with Gasteiger partial charge in [-0.1, -0.05) is 35.8 Å². The molecule has 2 aromatic rings. The smallest absolute Gasteiger partial charge is 0.259 e. The second-order valence-electron chi connectivity index (χ2n) is 4.18. The zero-order chi connectivity index (χ0) is 13.7. The van der Waals surface area contributed by atoms with Crippen LogP contribution in [0.1, 0.15) is 19.2 Å². The van der Waals surface area contributed by atoms with Crippen LogP contribution in [0.4, 0.5) is 0 Å². The van der Waals surface area contributed by atoms with Crippen LogP contribution in [0.5, 0.6) is 0 Å². The number of hydrogen-bond acceptors (Lipinski definition) is 5. The predicted molar refractivity (Wildman–Crippen MR) is 79.2 cm³/mol. The van der Waals surface area contributed by atoms with Crippen molar-refractivity contribution in [3.8, 4) is 11.5 Å². The number of halogens is 1. The first kappa shape index (κ1) is 14.4. The molecule has 2 N–H and O–H groups in total. The van der Waals surface area contributed by atoms with Crippen LogP contribution in [0, 0.1) is 0 Å². The van der Waals surface area contributed by atoms with Crippen molar-refractivity contribution >= 4 is 23.4 Å². The molecule has 19 heavy (non-hydrogen) atoms. The van der Waals surface area contributed by atoms with Crippen LogP contribution in [0.2, 0.25) is 5.02 Å². The molecule has 0 bridgehead atoms. The Balaban J connectivity index is 1.98. The van der Waals surface area contributed by atoms with E-state index in [2.05, 4.69) is 17.1 Å². The Morgan fingerprint density at radius 2 is 2.21 bits per heavy atom. The zero-order valence-corrected chi connectivity index (χ0v) is 12.2. The molecule has 0 radical (unpaired) electrons. The van der Waals surface area contributed by atoms with E-state index in [9.17, 15) is 0 Å². The molecule has 6 heteroatoms. The zero-order valence-electron chi connectivity index (χ0n) is 10.7. The summed E-state index contributed by atoms with van der Waals surface area (Å²) >= 11 is 7.79. The summed E-state index contributed by atoms with van der Waals surface area (Å²) in [4.78, 5) is 4.34. The maximum Gasteiger partial charge on any atom is 0.259 e. The van der Waals surface area contributed by atoms with E-state index in [1.807, 2.05) is 18.2 Å². The molecule has 102 valence electrons. The van der Waals surface area contributed by atoms with Crippen molar-refractivity contribution in [3.05, 3.63) is 35.1 Å². The van der Waals surface area contributed by atoms with E-state index in [4.69, 9.17) is 21.9 Å². The Bertz CT molecular complexity index is 532. The van der Waals surface area contributed by atoms with Gasteiger partial charge in [0.15, 0.2) is 5.82 Å².